The lowest BCUT2D eigenvalue weighted by atomic mass is 10.1. The molecule has 0 aliphatic rings. The molecule has 0 saturated heterocycles. The van der Waals surface area contributed by atoms with Gasteiger partial charge in [0.15, 0.2) is 12.4 Å². The molecule has 1 heterocycles. The summed E-state index contributed by atoms with van der Waals surface area (Å²) in [6.07, 6.45) is 17.4. The van der Waals surface area contributed by atoms with Gasteiger partial charge in [0.05, 0.1) is 10.1 Å². The summed E-state index contributed by atoms with van der Waals surface area (Å²) in [6, 6.07) is 4.48. The topological polar surface area (TPSA) is 61.1 Å². The number of pyridine rings is 1. The summed E-state index contributed by atoms with van der Waals surface area (Å²) in [7, 11) is -3.92. The van der Waals surface area contributed by atoms with Gasteiger partial charge in [-0.2, -0.15) is 0 Å². The van der Waals surface area contributed by atoms with Crippen LogP contribution >= 0.6 is 0 Å². The Balaban J connectivity index is 0.000000841. The Hall–Kier alpha value is -0.940. The van der Waals surface area contributed by atoms with Crippen molar-refractivity contribution in [1.82, 2.24) is 0 Å². The average molecular weight is 344 g/mol. The molecule has 23 heavy (non-hydrogen) atoms. The second kappa shape index (κ2) is 13.5. The van der Waals surface area contributed by atoms with Crippen LogP contribution in [0.15, 0.2) is 24.5 Å². The Labute approximate surface area is 142 Å². The van der Waals surface area contributed by atoms with Gasteiger partial charge < -0.3 is 4.55 Å². The first-order chi connectivity index (χ1) is 10.9. The molecule has 0 amide bonds. The Morgan fingerprint density at radius 1 is 0.913 bits per heavy atom. The van der Waals surface area contributed by atoms with Crippen LogP contribution in [0, 0.1) is 0 Å². The lowest BCUT2D eigenvalue weighted by Crippen LogP contribution is -2.32. The molecule has 0 atom stereocenters. The van der Waals surface area contributed by atoms with Gasteiger partial charge in [0, 0.05) is 24.8 Å². The molecule has 0 aliphatic heterocycles. The van der Waals surface area contributed by atoms with Crippen molar-refractivity contribution in [2.24, 2.45) is 0 Å². The van der Waals surface area contributed by atoms with E-state index in [4.69, 9.17) is 13.0 Å². The SMILES string of the molecule is CCCCCCCCCC[n+]1ccc(CC)cc1.CS(=O)(=O)[O-]. The van der Waals surface area contributed by atoms with E-state index in [9.17, 15) is 0 Å². The van der Waals surface area contributed by atoms with Gasteiger partial charge in [-0.25, -0.2) is 13.0 Å². The van der Waals surface area contributed by atoms with Crippen molar-refractivity contribution in [2.75, 3.05) is 6.26 Å². The minimum Gasteiger partial charge on any atom is -0.748 e. The maximum Gasteiger partial charge on any atom is 0.169 e. The molecule has 5 heteroatoms. The number of hydrogen-bond donors (Lipinski definition) is 0. The molecule has 1 aromatic heterocycles. The minimum atomic E-state index is -3.92. The van der Waals surface area contributed by atoms with Gasteiger partial charge in [0.2, 0.25) is 0 Å². The fourth-order valence-electron chi connectivity index (χ4n) is 2.30. The van der Waals surface area contributed by atoms with Crippen LogP contribution in [0.2, 0.25) is 0 Å². The van der Waals surface area contributed by atoms with Gasteiger partial charge in [-0.3, -0.25) is 0 Å². The molecule has 134 valence electrons. The summed E-state index contributed by atoms with van der Waals surface area (Å²) in [4.78, 5) is 0. The molecule has 0 unspecified atom stereocenters. The Kier molecular flexibility index (Phi) is 12.9. The van der Waals surface area contributed by atoms with Crippen LogP contribution in [0.4, 0.5) is 0 Å². The summed E-state index contributed by atoms with van der Waals surface area (Å²) in [6.45, 7) is 5.66. The van der Waals surface area contributed by atoms with Crippen molar-refractivity contribution in [1.29, 1.82) is 0 Å². The van der Waals surface area contributed by atoms with E-state index >= 15 is 0 Å². The molecule has 0 radical (unpaired) electrons. The fourth-order valence-corrected chi connectivity index (χ4v) is 2.30. The predicted octanol–water partition coefficient (Wildman–Crippen LogP) is 3.84. The summed E-state index contributed by atoms with van der Waals surface area (Å²) in [5, 5.41) is 0. The van der Waals surface area contributed by atoms with E-state index in [1.54, 1.807) is 0 Å². The summed E-state index contributed by atoms with van der Waals surface area (Å²) in [5.41, 5.74) is 1.43. The lowest BCUT2D eigenvalue weighted by molar-refractivity contribution is -0.697. The van der Waals surface area contributed by atoms with E-state index in [0.717, 1.165) is 6.42 Å². The number of aryl methyl sites for hydroxylation is 2. The van der Waals surface area contributed by atoms with Gasteiger partial charge >= 0.3 is 0 Å². The van der Waals surface area contributed by atoms with Crippen LogP contribution in [0.1, 0.15) is 70.8 Å². The molecule has 0 bridgehead atoms. The Bertz CT molecular complexity index is 475. The second-order valence-corrected chi connectivity index (χ2v) is 7.39. The highest BCUT2D eigenvalue weighted by molar-refractivity contribution is 7.84. The maximum atomic E-state index is 9.08. The van der Waals surface area contributed by atoms with Gasteiger partial charge in [-0.05, 0) is 18.4 Å². The van der Waals surface area contributed by atoms with Crippen LogP contribution in [0.5, 0.6) is 0 Å². The smallest absolute Gasteiger partial charge is 0.169 e. The third-order valence-electron chi connectivity index (χ3n) is 3.64. The van der Waals surface area contributed by atoms with E-state index in [0.29, 0.717) is 6.26 Å². The zero-order chi connectivity index (χ0) is 17.6. The molecule has 1 rings (SSSR count). The minimum absolute atomic E-state index is 0.604. The molecule has 0 spiro atoms. The number of aromatic nitrogens is 1. The van der Waals surface area contributed by atoms with Crippen molar-refractivity contribution in [3.8, 4) is 0 Å². The highest BCUT2D eigenvalue weighted by atomic mass is 32.2. The first-order valence-corrected chi connectivity index (χ1v) is 10.6. The quantitative estimate of drug-likeness (QED) is 0.368. The van der Waals surface area contributed by atoms with E-state index in [1.807, 2.05) is 0 Å². The van der Waals surface area contributed by atoms with Gasteiger partial charge in [-0.15, -0.1) is 0 Å². The van der Waals surface area contributed by atoms with Crippen molar-refractivity contribution < 1.29 is 17.5 Å². The van der Waals surface area contributed by atoms with E-state index in [1.165, 1.54) is 63.5 Å². The number of rotatable bonds is 10. The first-order valence-electron chi connectivity index (χ1n) is 8.75. The molecule has 0 aromatic carbocycles. The normalized spacial score (nSPS) is 11.0. The maximum absolute atomic E-state index is 9.08. The summed E-state index contributed by atoms with van der Waals surface area (Å²) < 4.78 is 29.5. The highest BCUT2D eigenvalue weighted by Gasteiger charge is 1.99. The molecular formula is C18H33NO3S. The average Bonchev–Trinajstić information content (AvgIpc) is 2.49. The van der Waals surface area contributed by atoms with Crippen molar-refractivity contribution in [3.63, 3.8) is 0 Å². The zero-order valence-corrected chi connectivity index (χ0v) is 15.8. The second-order valence-electron chi connectivity index (χ2n) is 5.98. The summed E-state index contributed by atoms with van der Waals surface area (Å²) >= 11 is 0. The van der Waals surface area contributed by atoms with Crippen LogP contribution in [0.25, 0.3) is 0 Å². The third-order valence-corrected chi connectivity index (χ3v) is 3.64. The summed E-state index contributed by atoms with van der Waals surface area (Å²) in [5.74, 6) is 0. The lowest BCUT2D eigenvalue weighted by Gasteiger charge is -2.00. The molecule has 0 saturated carbocycles. The first kappa shape index (κ1) is 22.1. The van der Waals surface area contributed by atoms with Crippen LogP contribution in [-0.4, -0.2) is 19.2 Å². The molecule has 1 aromatic rings. The van der Waals surface area contributed by atoms with Crippen LogP contribution < -0.4 is 4.57 Å². The monoisotopic (exact) mass is 343 g/mol. The van der Waals surface area contributed by atoms with Crippen LogP contribution in [0.3, 0.4) is 0 Å². The van der Waals surface area contributed by atoms with Crippen molar-refractivity contribution in [3.05, 3.63) is 30.1 Å². The highest BCUT2D eigenvalue weighted by Crippen LogP contribution is 2.08. The fraction of sp³-hybridized carbons (Fsp3) is 0.722. The molecule has 0 fully saturated rings. The molecule has 0 aliphatic carbocycles. The van der Waals surface area contributed by atoms with Crippen molar-refractivity contribution in [2.45, 2.75) is 78.2 Å². The van der Waals surface area contributed by atoms with E-state index in [2.05, 4.69) is 42.9 Å². The van der Waals surface area contributed by atoms with E-state index < -0.39 is 10.1 Å². The molecule has 4 nitrogen and oxygen atoms in total. The Morgan fingerprint density at radius 3 is 1.78 bits per heavy atom. The molecular weight excluding hydrogens is 310 g/mol. The van der Waals surface area contributed by atoms with E-state index in [-0.39, 0.29) is 0 Å². The number of unbranched alkanes of at least 4 members (excludes halogenated alkanes) is 7. The standard InChI is InChI=1S/C17H30N.CH4O3S/c1-3-5-6-7-8-9-10-11-14-18-15-12-17(4-2)13-16-18;1-5(2,3)4/h12-13,15-16H,3-11,14H2,1-2H3;1H3,(H,2,3,4)/q+1;/p-1. The van der Waals surface area contributed by atoms with Gasteiger partial charge in [0.25, 0.3) is 0 Å². The third kappa shape index (κ3) is 17.2. The predicted molar refractivity (Wildman–Crippen MR) is 94.2 cm³/mol. The van der Waals surface area contributed by atoms with Gasteiger partial charge in [-0.1, -0.05) is 52.4 Å². The zero-order valence-electron chi connectivity index (χ0n) is 15.0. The number of nitrogens with zero attached hydrogens (tertiary/aromatic N) is 1. The largest absolute Gasteiger partial charge is 0.748 e. The Morgan fingerprint density at radius 2 is 1.35 bits per heavy atom. The number of hydrogen-bond acceptors (Lipinski definition) is 3. The van der Waals surface area contributed by atoms with Gasteiger partial charge in [0.1, 0.15) is 6.54 Å². The van der Waals surface area contributed by atoms with Crippen LogP contribution in [-0.2, 0) is 23.1 Å². The molecule has 0 N–H and O–H groups in total. The van der Waals surface area contributed by atoms with Crippen molar-refractivity contribution >= 4 is 10.1 Å².